The maximum atomic E-state index is 10.4. The molecule has 0 saturated carbocycles. The molecular formula is C15H22ClNO2. The van der Waals surface area contributed by atoms with Crippen molar-refractivity contribution >= 4 is 17.6 Å². The molecule has 19 heavy (non-hydrogen) atoms. The van der Waals surface area contributed by atoms with Crippen molar-refractivity contribution < 1.29 is 9.90 Å². The summed E-state index contributed by atoms with van der Waals surface area (Å²) < 4.78 is 0. The van der Waals surface area contributed by atoms with Crippen LogP contribution in [0.2, 0.25) is 5.02 Å². The molecule has 0 amide bonds. The maximum absolute atomic E-state index is 10.4. The van der Waals surface area contributed by atoms with Gasteiger partial charge >= 0.3 is 5.97 Å². The molecule has 0 aliphatic rings. The van der Waals surface area contributed by atoms with Crippen LogP contribution in [0.3, 0.4) is 0 Å². The second-order valence-electron chi connectivity index (χ2n) is 4.91. The largest absolute Gasteiger partial charge is 0.481 e. The van der Waals surface area contributed by atoms with Gasteiger partial charge in [-0.3, -0.25) is 9.69 Å². The van der Waals surface area contributed by atoms with Crippen molar-refractivity contribution in [3.63, 3.8) is 0 Å². The summed E-state index contributed by atoms with van der Waals surface area (Å²) in [7, 11) is 2.09. The van der Waals surface area contributed by atoms with E-state index in [1.807, 2.05) is 24.3 Å². The molecule has 0 spiro atoms. The molecule has 0 heterocycles. The van der Waals surface area contributed by atoms with Crippen molar-refractivity contribution in [3.8, 4) is 0 Å². The third-order valence-corrected chi connectivity index (χ3v) is 3.67. The van der Waals surface area contributed by atoms with Crippen LogP contribution >= 0.6 is 11.6 Å². The fourth-order valence-corrected chi connectivity index (χ4v) is 2.13. The van der Waals surface area contributed by atoms with E-state index in [9.17, 15) is 4.79 Å². The summed E-state index contributed by atoms with van der Waals surface area (Å²) in [6.45, 7) is 3.14. The van der Waals surface area contributed by atoms with Crippen molar-refractivity contribution in [2.24, 2.45) is 0 Å². The lowest BCUT2D eigenvalue weighted by Gasteiger charge is -2.25. The molecule has 4 heteroatoms. The number of rotatable bonds is 8. The lowest BCUT2D eigenvalue weighted by atomic mass is 10.1. The Labute approximate surface area is 120 Å². The van der Waals surface area contributed by atoms with E-state index in [0.29, 0.717) is 6.04 Å². The predicted octanol–water partition coefficient (Wildman–Crippen LogP) is 3.98. The highest BCUT2D eigenvalue weighted by Crippen LogP contribution is 2.21. The SMILES string of the molecule is CC(c1ccc(Cl)cc1)N(C)CCCCCC(=O)O. The first-order valence-electron chi connectivity index (χ1n) is 6.68. The number of nitrogens with zero attached hydrogens (tertiary/aromatic N) is 1. The van der Waals surface area contributed by atoms with E-state index in [1.165, 1.54) is 5.56 Å². The summed E-state index contributed by atoms with van der Waals surface area (Å²) in [6, 6.07) is 8.26. The number of aliphatic carboxylic acids is 1. The zero-order valence-electron chi connectivity index (χ0n) is 11.6. The van der Waals surface area contributed by atoms with Gasteiger partial charge in [0.1, 0.15) is 0 Å². The molecule has 0 aliphatic heterocycles. The van der Waals surface area contributed by atoms with Crippen LogP contribution in [-0.2, 0) is 4.79 Å². The van der Waals surface area contributed by atoms with Crippen molar-refractivity contribution in [1.29, 1.82) is 0 Å². The zero-order valence-corrected chi connectivity index (χ0v) is 12.4. The van der Waals surface area contributed by atoms with Crippen LogP contribution in [0.25, 0.3) is 0 Å². The minimum atomic E-state index is -0.706. The van der Waals surface area contributed by atoms with Gasteiger partial charge in [-0.05, 0) is 51.1 Å². The summed E-state index contributed by atoms with van der Waals surface area (Å²) in [6.07, 6.45) is 3.03. The Morgan fingerprint density at radius 1 is 1.26 bits per heavy atom. The molecular weight excluding hydrogens is 262 g/mol. The van der Waals surface area contributed by atoms with Gasteiger partial charge in [0.25, 0.3) is 0 Å². The van der Waals surface area contributed by atoms with Crippen molar-refractivity contribution in [2.75, 3.05) is 13.6 Å². The normalized spacial score (nSPS) is 12.6. The number of hydrogen-bond donors (Lipinski definition) is 1. The Balaban J connectivity index is 2.30. The molecule has 0 radical (unpaired) electrons. The molecule has 1 unspecified atom stereocenters. The van der Waals surface area contributed by atoms with Crippen LogP contribution in [0.15, 0.2) is 24.3 Å². The molecule has 106 valence electrons. The molecule has 1 aromatic rings. The van der Waals surface area contributed by atoms with Crippen LogP contribution in [0.4, 0.5) is 0 Å². The third-order valence-electron chi connectivity index (χ3n) is 3.42. The number of carbonyl (C=O) groups is 1. The fourth-order valence-electron chi connectivity index (χ4n) is 2.00. The van der Waals surface area contributed by atoms with Crippen molar-refractivity contribution in [3.05, 3.63) is 34.9 Å². The van der Waals surface area contributed by atoms with Crippen LogP contribution in [0.5, 0.6) is 0 Å². The van der Waals surface area contributed by atoms with Gasteiger partial charge in [0, 0.05) is 17.5 Å². The van der Waals surface area contributed by atoms with Gasteiger partial charge in [0.15, 0.2) is 0 Å². The second-order valence-corrected chi connectivity index (χ2v) is 5.35. The maximum Gasteiger partial charge on any atom is 0.303 e. The van der Waals surface area contributed by atoms with Crippen LogP contribution in [0.1, 0.15) is 44.2 Å². The Kier molecular flexibility index (Phi) is 6.89. The van der Waals surface area contributed by atoms with E-state index >= 15 is 0 Å². The Bertz CT molecular complexity index is 392. The smallest absolute Gasteiger partial charge is 0.303 e. The molecule has 0 saturated heterocycles. The summed E-state index contributed by atoms with van der Waals surface area (Å²) in [5.41, 5.74) is 1.25. The zero-order chi connectivity index (χ0) is 14.3. The van der Waals surface area contributed by atoms with E-state index < -0.39 is 5.97 Å². The first-order valence-corrected chi connectivity index (χ1v) is 7.06. The standard InChI is InChI=1S/C15H22ClNO2/c1-12(13-7-9-14(16)10-8-13)17(2)11-5-3-4-6-15(18)19/h7-10,12H,3-6,11H2,1-2H3,(H,18,19). The highest BCUT2D eigenvalue weighted by atomic mass is 35.5. The van der Waals surface area contributed by atoms with E-state index in [-0.39, 0.29) is 6.42 Å². The molecule has 0 aliphatic carbocycles. The topological polar surface area (TPSA) is 40.5 Å². The molecule has 1 atom stereocenters. The molecule has 0 fully saturated rings. The molecule has 1 aromatic carbocycles. The lowest BCUT2D eigenvalue weighted by molar-refractivity contribution is -0.137. The summed E-state index contributed by atoms with van der Waals surface area (Å²) in [5, 5.41) is 9.32. The summed E-state index contributed by atoms with van der Waals surface area (Å²) in [4.78, 5) is 12.7. The lowest BCUT2D eigenvalue weighted by Crippen LogP contribution is -2.23. The van der Waals surface area contributed by atoms with Crippen LogP contribution < -0.4 is 0 Å². The van der Waals surface area contributed by atoms with Gasteiger partial charge in [-0.15, -0.1) is 0 Å². The van der Waals surface area contributed by atoms with E-state index in [1.54, 1.807) is 0 Å². The average molecular weight is 284 g/mol. The summed E-state index contributed by atoms with van der Waals surface area (Å²) in [5.74, 6) is -0.706. The number of benzene rings is 1. The summed E-state index contributed by atoms with van der Waals surface area (Å²) >= 11 is 5.88. The monoisotopic (exact) mass is 283 g/mol. The van der Waals surface area contributed by atoms with Gasteiger partial charge in [-0.1, -0.05) is 30.2 Å². The Morgan fingerprint density at radius 2 is 1.89 bits per heavy atom. The van der Waals surface area contributed by atoms with Gasteiger partial charge in [0.05, 0.1) is 0 Å². The van der Waals surface area contributed by atoms with Gasteiger partial charge in [0.2, 0.25) is 0 Å². The van der Waals surface area contributed by atoms with Gasteiger partial charge in [-0.2, -0.15) is 0 Å². The highest BCUT2D eigenvalue weighted by Gasteiger charge is 2.10. The average Bonchev–Trinajstić information content (AvgIpc) is 2.37. The first kappa shape index (κ1) is 16.0. The molecule has 3 nitrogen and oxygen atoms in total. The molecule has 1 N–H and O–H groups in total. The number of carboxylic acid groups (broad SMARTS) is 1. The van der Waals surface area contributed by atoms with Crippen LogP contribution in [0, 0.1) is 0 Å². The number of halogens is 1. The molecule has 1 rings (SSSR count). The van der Waals surface area contributed by atoms with E-state index in [2.05, 4.69) is 18.9 Å². The Morgan fingerprint density at radius 3 is 2.47 bits per heavy atom. The first-order chi connectivity index (χ1) is 9.00. The van der Waals surface area contributed by atoms with Crippen LogP contribution in [-0.4, -0.2) is 29.6 Å². The third kappa shape index (κ3) is 6.08. The van der Waals surface area contributed by atoms with E-state index in [0.717, 1.165) is 30.8 Å². The quantitative estimate of drug-likeness (QED) is 0.734. The highest BCUT2D eigenvalue weighted by molar-refractivity contribution is 6.30. The minimum Gasteiger partial charge on any atom is -0.481 e. The minimum absolute atomic E-state index is 0.274. The van der Waals surface area contributed by atoms with E-state index in [4.69, 9.17) is 16.7 Å². The molecule has 0 aromatic heterocycles. The second kappa shape index (κ2) is 8.18. The predicted molar refractivity (Wildman–Crippen MR) is 78.6 cm³/mol. The van der Waals surface area contributed by atoms with Crippen molar-refractivity contribution in [1.82, 2.24) is 4.90 Å². The number of hydrogen-bond acceptors (Lipinski definition) is 2. The Hall–Kier alpha value is -1.06. The number of unbranched alkanes of at least 4 members (excludes halogenated alkanes) is 2. The van der Waals surface area contributed by atoms with Crippen molar-refractivity contribution in [2.45, 2.75) is 38.6 Å². The van der Waals surface area contributed by atoms with Gasteiger partial charge < -0.3 is 5.11 Å². The molecule has 0 bridgehead atoms. The number of carboxylic acids is 1. The fraction of sp³-hybridized carbons (Fsp3) is 0.533. The van der Waals surface area contributed by atoms with Gasteiger partial charge in [-0.25, -0.2) is 0 Å².